The molecule has 0 unspecified atom stereocenters. The fourth-order valence-electron chi connectivity index (χ4n) is 4.98. The number of fused-ring (bicyclic) bond motifs is 2. The summed E-state index contributed by atoms with van der Waals surface area (Å²) in [6, 6.07) is 7.51. The highest BCUT2D eigenvalue weighted by Gasteiger charge is 2.59. The first-order chi connectivity index (χ1) is 14.9. The standard InChI is InChI=1S/C26H35N3O3/c1-16(2)17(3)21(30)12-18(13-25(4,5)6)23(31)29-15-26(14-22(29)27-7)19-10-8-9-11-20(19)28-24(26)32/h8-11,16-18,22H,12-15H2,1-6H3,(H,28,32)/t17-,18-,22-,26-/m0/s1. The second-order valence-corrected chi connectivity index (χ2v) is 11.0. The van der Waals surface area contributed by atoms with Crippen LogP contribution in [0, 0.1) is 29.7 Å². The van der Waals surface area contributed by atoms with Crippen molar-refractivity contribution in [2.75, 3.05) is 11.9 Å². The van der Waals surface area contributed by atoms with Gasteiger partial charge in [-0.1, -0.05) is 59.7 Å². The first-order valence-corrected chi connectivity index (χ1v) is 11.5. The summed E-state index contributed by atoms with van der Waals surface area (Å²) in [6.45, 7) is 20.0. The van der Waals surface area contributed by atoms with Gasteiger partial charge in [-0.25, -0.2) is 6.57 Å². The van der Waals surface area contributed by atoms with E-state index in [0.29, 0.717) is 6.42 Å². The van der Waals surface area contributed by atoms with Crippen LogP contribution in [0.2, 0.25) is 0 Å². The van der Waals surface area contributed by atoms with Crippen LogP contribution < -0.4 is 5.32 Å². The largest absolute Gasteiger partial charge is 0.325 e. The van der Waals surface area contributed by atoms with Crippen LogP contribution >= 0.6 is 0 Å². The lowest BCUT2D eigenvalue weighted by Crippen LogP contribution is -2.43. The van der Waals surface area contributed by atoms with E-state index in [-0.39, 0.29) is 54.2 Å². The zero-order valence-corrected chi connectivity index (χ0v) is 20.1. The van der Waals surface area contributed by atoms with Crippen LogP contribution in [0.5, 0.6) is 0 Å². The molecule has 3 rings (SSSR count). The van der Waals surface area contributed by atoms with E-state index < -0.39 is 17.5 Å². The van der Waals surface area contributed by atoms with Gasteiger partial charge in [-0.3, -0.25) is 24.1 Å². The van der Waals surface area contributed by atoms with Gasteiger partial charge in [-0.2, -0.15) is 0 Å². The number of benzene rings is 1. The summed E-state index contributed by atoms with van der Waals surface area (Å²) in [6.07, 6.45) is 0.301. The smallest absolute Gasteiger partial charge is 0.302 e. The van der Waals surface area contributed by atoms with Crippen molar-refractivity contribution in [2.45, 2.75) is 72.4 Å². The Morgan fingerprint density at radius 2 is 1.91 bits per heavy atom. The predicted octanol–water partition coefficient (Wildman–Crippen LogP) is 4.66. The van der Waals surface area contributed by atoms with Gasteiger partial charge in [0.15, 0.2) is 0 Å². The van der Waals surface area contributed by atoms with Gasteiger partial charge in [0.05, 0.1) is 6.42 Å². The summed E-state index contributed by atoms with van der Waals surface area (Å²) in [4.78, 5) is 45.0. The van der Waals surface area contributed by atoms with Crippen molar-refractivity contribution in [1.29, 1.82) is 0 Å². The van der Waals surface area contributed by atoms with Crippen LogP contribution in [-0.4, -0.2) is 35.2 Å². The predicted molar refractivity (Wildman–Crippen MR) is 125 cm³/mol. The van der Waals surface area contributed by atoms with Gasteiger partial charge in [-0.15, -0.1) is 0 Å². The van der Waals surface area contributed by atoms with E-state index in [1.165, 1.54) is 0 Å². The molecule has 0 aromatic heterocycles. The molecule has 1 N–H and O–H groups in total. The average Bonchev–Trinajstić information content (AvgIpc) is 3.24. The van der Waals surface area contributed by atoms with Crippen LogP contribution in [0.25, 0.3) is 4.85 Å². The molecule has 2 heterocycles. The minimum Gasteiger partial charge on any atom is -0.325 e. The number of anilines is 1. The molecular weight excluding hydrogens is 402 g/mol. The Bertz CT molecular complexity index is 956. The summed E-state index contributed by atoms with van der Waals surface area (Å²) in [5.41, 5.74) is 0.557. The topological polar surface area (TPSA) is 70.8 Å². The number of hydrogen-bond acceptors (Lipinski definition) is 3. The molecule has 1 spiro atoms. The van der Waals surface area contributed by atoms with Crippen molar-refractivity contribution >= 4 is 23.3 Å². The molecule has 6 heteroatoms. The highest BCUT2D eigenvalue weighted by Crippen LogP contribution is 2.47. The normalized spacial score (nSPS) is 24.2. The second-order valence-electron chi connectivity index (χ2n) is 11.0. The van der Waals surface area contributed by atoms with Crippen LogP contribution in [0.1, 0.15) is 66.4 Å². The Hall–Kier alpha value is -2.68. The number of carbonyl (C=O) groups is 3. The lowest BCUT2D eigenvalue weighted by atomic mass is 9.79. The summed E-state index contributed by atoms with van der Waals surface area (Å²) in [7, 11) is 0. The monoisotopic (exact) mass is 437 g/mol. The van der Waals surface area contributed by atoms with E-state index in [2.05, 4.69) is 30.9 Å². The van der Waals surface area contributed by atoms with Crippen LogP contribution in [0.4, 0.5) is 5.69 Å². The molecule has 172 valence electrons. The number of ketones is 1. The highest BCUT2D eigenvalue weighted by molar-refractivity contribution is 6.07. The molecule has 1 aromatic rings. The zero-order valence-electron chi connectivity index (χ0n) is 20.1. The van der Waals surface area contributed by atoms with Crippen molar-refractivity contribution in [3.63, 3.8) is 0 Å². The molecule has 4 atom stereocenters. The molecule has 0 radical (unpaired) electrons. The van der Waals surface area contributed by atoms with Crippen molar-refractivity contribution in [1.82, 2.24) is 4.90 Å². The first-order valence-electron chi connectivity index (χ1n) is 11.5. The van der Waals surface area contributed by atoms with E-state index in [0.717, 1.165) is 11.3 Å². The first kappa shape index (κ1) is 24.0. The zero-order chi connectivity index (χ0) is 23.8. The third-order valence-corrected chi connectivity index (χ3v) is 7.05. The fourth-order valence-corrected chi connectivity index (χ4v) is 4.98. The molecular formula is C26H35N3O3. The maximum atomic E-state index is 13.8. The van der Waals surface area contributed by atoms with Crippen molar-refractivity contribution in [3.05, 3.63) is 41.2 Å². The summed E-state index contributed by atoms with van der Waals surface area (Å²) < 4.78 is 0. The van der Waals surface area contributed by atoms with Crippen LogP contribution in [0.3, 0.4) is 0 Å². The molecule has 2 amide bonds. The Morgan fingerprint density at radius 3 is 2.50 bits per heavy atom. The molecule has 1 fully saturated rings. The maximum Gasteiger partial charge on any atom is 0.302 e. The fraction of sp³-hybridized carbons (Fsp3) is 0.615. The third-order valence-electron chi connectivity index (χ3n) is 7.05. The maximum absolute atomic E-state index is 13.8. The van der Waals surface area contributed by atoms with Gasteiger partial charge in [0.2, 0.25) is 11.8 Å². The Morgan fingerprint density at radius 1 is 1.25 bits per heavy atom. The van der Waals surface area contributed by atoms with Crippen molar-refractivity contribution < 1.29 is 14.4 Å². The molecule has 0 bridgehead atoms. The van der Waals surface area contributed by atoms with E-state index in [4.69, 9.17) is 6.57 Å². The lowest BCUT2D eigenvalue weighted by molar-refractivity contribution is -0.140. The Labute approximate surface area is 191 Å². The van der Waals surface area contributed by atoms with Crippen molar-refractivity contribution in [2.24, 2.45) is 23.2 Å². The SMILES string of the molecule is [C-]#[N+][C@@H]1C[C@@]2(CN1C(=O)[C@@H](CC(=O)[C@@H](C)C(C)C)CC(C)(C)C)C(=O)Nc1ccccc12. The number of likely N-dealkylation sites (tertiary alicyclic amines) is 1. The number of amides is 2. The van der Waals surface area contributed by atoms with Gasteiger partial charge < -0.3 is 5.32 Å². The molecule has 0 saturated carbocycles. The second kappa shape index (κ2) is 8.69. The summed E-state index contributed by atoms with van der Waals surface area (Å²) >= 11 is 0. The molecule has 6 nitrogen and oxygen atoms in total. The van der Waals surface area contributed by atoms with E-state index >= 15 is 0 Å². The molecule has 1 aromatic carbocycles. The van der Waals surface area contributed by atoms with Crippen LogP contribution in [0.15, 0.2) is 24.3 Å². The minimum absolute atomic E-state index is 0.0832. The minimum atomic E-state index is -0.900. The van der Waals surface area contributed by atoms with Gasteiger partial charge in [0, 0.05) is 30.5 Å². The van der Waals surface area contributed by atoms with Gasteiger partial charge >= 0.3 is 6.17 Å². The molecule has 2 aliphatic rings. The van der Waals surface area contributed by atoms with Crippen molar-refractivity contribution in [3.8, 4) is 0 Å². The molecule has 1 saturated heterocycles. The molecule has 0 aliphatic carbocycles. The third kappa shape index (κ3) is 4.44. The van der Waals surface area contributed by atoms with Gasteiger partial charge in [0.25, 0.3) is 0 Å². The number of hydrogen-bond donors (Lipinski definition) is 1. The summed E-state index contributed by atoms with van der Waals surface area (Å²) in [5.74, 6) is -0.668. The number of para-hydroxylation sites is 1. The van der Waals surface area contributed by atoms with Crippen LogP contribution in [-0.2, 0) is 19.8 Å². The highest BCUT2D eigenvalue weighted by atomic mass is 16.2. The average molecular weight is 438 g/mol. The van der Waals surface area contributed by atoms with E-state index in [1.807, 2.05) is 45.0 Å². The number of Topliss-reactive ketones (excluding diaryl/α,β-unsaturated/α-hetero) is 1. The van der Waals surface area contributed by atoms with E-state index in [1.54, 1.807) is 4.90 Å². The number of nitrogens with one attached hydrogen (secondary N) is 1. The Balaban J connectivity index is 1.91. The van der Waals surface area contributed by atoms with Gasteiger partial charge in [0.1, 0.15) is 11.2 Å². The van der Waals surface area contributed by atoms with E-state index in [9.17, 15) is 14.4 Å². The lowest BCUT2D eigenvalue weighted by Gasteiger charge is -2.30. The quantitative estimate of drug-likeness (QED) is 0.658. The number of rotatable bonds is 6. The summed E-state index contributed by atoms with van der Waals surface area (Å²) in [5, 5.41) is 2.93. The molecule has 2 aliphatic heterocycles. The number of nitrogens with zero attached hydrogens (tertiary/aromatic N) is 2. The molecule has 32 heavy (non-hydrogen) atoms. The number of carbonyl (C=O) groups excluding carboxylic acids is 3. The Kier molecular flexibility index (Phi) is 6.51. The van der Waals surface area contributed by atoms with Gasteiger partial charge in [-0.05, 0) is 29.4 Å².